The first-order valence-corrected chi connectivity index (χ1v) is 5.72. The van der Waals surface area contributed by atoms with Crippen LogP contribution in [-0.2, 0) is 0 Å². The standard InChI is InChI=1S/C11H24N2/c1-4-11(5-2)9-13-7-6-12-8-10(13)3/h10-12H,4-9H2,1-3H3/t10-/m0/s1. The Morgan fingerprint density at radius 1 is 1.38 bits per heavy atom. The van der Waals surface area contributed by atoms with E-state index >= 15 is 0 Å². The molecule has 0 radical (unpaired) electrons. The van der Waals surface area contributed by atoms with Crippen LogP contribution in [0.25, 0.3) is 0 Å². The van der Waals surface area contributed by atoms with Gasteiger partial charge in [0, 0.05) is 32.2 Å². The fraction of sp³-hybridized carbons (Fsp3) is 1.00. The smallest absolute Gasteiger partial charge is 0.0193 e. The SMILES string of the molecule is CCC(CC)CN1CCNC[C@@H]1C. The molecular formula is C11H24N2. The van der Waals surface area contributed by atoms with Crippen LogP contribution in [-0.4, -0.2) is 37.1 Å². The van der Waals surface area contributed by atoms with Gasteiger partial charge in [0.05, 0.1) is 0 Å². The topological polar surface area (TPSA) is 15.3 Å². The Morgan fingerprint density at radius 3 is 2.62 bits per heavy atom. The second kappa shape index (κ2) is 5.61. The highest BCUT2D eigenvalue weighted by atomic mass is 15.2. The van der Waals surface area contributed by atoms with E-state index in [-0.39, 0.29) is 0 Å². The molecule has 1 fully saturated rings. The summed E-state index contributed by atoms with van der Waals surface area (Å²) >= 11 is 0. The van der Waals surface area contributed by atoms with E-state index in [1.807, 2.05) is 0 Å². The van der Waals surface area contributed by atoms with Crippen molar-refractivity contribution in [2.75, 3.05) is 26.2 Å². The Bertz CT molecular complexity index is 132. The lowest BCUT2D eigenvalue weighted by Crippen LogP contribution is -2.51. The molecule has 0 unspecified atom stereocenters. The van der Waals surface area contributed by atoms with Crippen LogP contribution in [0.4, 0.5) is 0 Å². The first-order valence-electron chi connectivity index (χ1n) is 5.72. The third-order valence-electron chi connectivity index (χ3n) is 3.29. The molecule has 2 nitrogen and oxygen atoms in total. The van der Waals surface area contributed by atoms with E-state index in [4.69, 9.17) is 0 Å². The van der Waals surface area contributed by atoms with Crippen molar-refractivity contribution < 1.29 is 0 Å². The zero-order chi connectivity index (χ0) is 9.68. The van der Waals surface area contributed by atoms with Gasteiger partial charge in [0.25, 0.3) is 0 Å². The van der Waals surface area contributed by atoms with Crippen molar-refractivity contribution in [1.82, 2.24) is 10.2 Å². The lowest BCUT2D eigenvalue weighted by atomic mass is 10.0. The van der Waals surface area contributed by atoms with Crippen LogP contribution >= 0.6 is 0 Å². The van der Waals surface area contributed by atoms with Gasteiger partial charge in [-0.2, -0.15) is 0 Å². The lowest BCUT2D eigenvalue weighted by molar-refractivity contribution is 0.144. The van der Waals surface area contributed by atoms with E-state index in [0.29, 0.717) is 0 Å². The molecule has 1 aliphatic heterocycles. The van der Waals surface area contributed by atoms with E-state index in [0.717, 1.165) is 12.0 Å². The summed E-state index contributed by atoms with van der Waals surface area (Å²) in [5.74, 6) is 0.903. The molecule has 0 spiro atoms. The fourth-order valence-electron chi connectivity index (χ4n) is 2.03. The number of rotatable bonds is 4. The van der Waals surface area contributed by atoms with Crippen molar-refractivity contribution in [3.8, 4) is 0 Å². The van der Waals surface area contributed by atoms with Gasteiger partial charge in [-0.15, -0.1) is 0 Å². The molecule has 0 aromatic rings. The molecule has 1 rings (SSSR count). The maximum Gasteiger partial charge on any atom is 0.0193 e. The van der Waals surface area contributed by atoms with Crippen molar-refractivity contribution >= 4 is 0 Å². The minimum atomic E-state index is 0.731. The van der Waals surface area contributed by atoms with Crippen LogP contribution in [0.2, 0.25) is 0 Å². The minimum absolute atomic E-state index is 0.731. The summed E-state index contributed by atoms with van der Waals surface area (Å²) in [6, 6.07) is 0.731. The van der Waals surface area contributed by atoms with Crippen LogP contribution in [0.5, 0.6) is 0 Å². The van der Waals surface area contributed by atoms with Crippen LogP contribution in [0, 0.1) is 5.92 Å². The average molecular weight is 184 g/mol. The van der Waals surface area contributed by atoms with Crippen molar-refractivity contribution in [1.29, 1.82) is 0 Å². The summed E-state index contributed by atoms with van der Waals surface area (Å²) in [6.45, 7) is 11.8. The molecule has 1 aliphatic rings. The van der Waals surface area contributed by atoms with E-state index in [2.05, 4.69) is 31.0 Å². The second-order valence-corrected chi connectivity index (χ2v) is 4.23. The third kappa shape index (κ3) is 3.28. The Labute approximate surface area is 82.7 Å². The number of piperazine rings is 1. The highest BCUT2D eigenvalue weighted by molar-refractivity contribution is 4.77. The van der Waals surface area contributed by atoms with Crippen LogP contribution < -0.4 is 5.32 Å². The zero-order valence-electron chi connectivity index (χ0n) is 9.34. The predicted octanol–water partition coefficient (Wildman–Crippen LogP) is 1.72. The average Bonchev–Trinajstić information content (AvgIpc) is 2.17. The monoisotopic (exact) mass is 184 g/mol. The predicted molar refractivity (Wildman–Crippen MR) is 58.0 cm³/mol. The van der Waals surface area contributed by atoms with Gasteiger partial charge < -0.3 is 5.32 Å². The molecule has 0 saturated carbocycles. The molecule has 1 saturated heterocycles. The molecule has 1 atom stereocenters. The minimum Gasteiger partial charge on any atom is -0.314 e. The maximum absolute atomic E-state index is 3.43. The number of hydrogen-bond donors (Lipinski definition) is 1. The molecule has 0 aromatic heterocycles. The molecule has 0 aromatic carbocycles. The first kappa shape index (κ1) is 11.0. The van der Waals surface area contributed by atoms with Gasteiger partial charge >= 0.3 is 0 Å². The highest BCUT2D eigenvalue weighted by Gasteiger charge is 2.19. The number of nitrogens with one attached hydrogen (secondary N) is 1. The normalized spacial score (nSPS) is 25.4. The number of hydrogen-bond acceptors (Lipinski definition) is 2. The fourth-order valence-corrected chi connectivity index (χ4v) is 2.03. The van der Waals surface area contributed by atoms with Crippen molar-refractivity contribution in [2.45, 2.75) is 39.7 Å². The van der Waals surface area contributed by atoms with Crippen LogP contribution in [0.1, 0.15) is 33.6 Å². The van der Waals surface area contributed by atoms with Gasteiger partial charge in [-0.1, -0.05) is 26.7 Å². The molecular weight excluding hydrogens is 160 g/mol. The quantitative estimate of drug-likeness (QED) is 0.715. The third-order valence-corrected chi connectivity index (χ3v) is 3.29. The number of nitrogens with zero attached hydrogens (tertiary/aromatic N) is 1. The maximum atomic E-state index is 3.43. The first-order chi connectivity index (χ1) is 6.27. The largest absolute Gasteiger partial charge is 0.314 e. The summed E-state index contributed by atoms with van der Waals surface area (Å²) < 4.78 is 0. The van der Waals surface area contributed by atoms with Gasteiger partial charge in [-0.25, -0.2) is 0 Å². The summed E-state index contributed by atoms with van der Waals surface area (Å²) in [7, 11) is 0. The Kier molecular flexibility index (Phi) is 4.74. The van der Waals surface area contributed by atoms with Gasteiger partial charge in [0.15, 0.2) is 0 Å². The summed E-state index contributed by atoms with van der Waals surface area (Å²) in [5.41, 5.74) is 0. The molecule has 1 N–H and O–H groups in total. The van der Waals surface area contributed by atoms with E-state index in [1.54, 1.807) is 0 Å². The Balaban J connectivity index is 2.32. The molecule has 78 valence electrons. The van der Waals surface area contributed by atoms with Gasteiger partial charge in [0.1, 0.15) is 0 Å². The van der Waals surface area contributed by atoms with Crippen molar-refractivity contribution in [2.24, 2.45) is 5.92 Å². The van der Waals surface area contributed by atoms with E-state index in [9.17, 15) is 0 Å². The van der Waals surface area contributed by atoms with Gasteiger partial charge in [-0.3, -0.25) is 4.90 Å². The van der Waals surface area contributed by atoms with Gasteiger partial charge in [-0.05, 0) is 12.8 Å². The van der Waals surface area contributed by atoms with Crippen molar-refractivity contribution in [3.63, 3.8) is 0 Å². The molecule has 0 aliphatic carbocycles. The molecule has 1 heterocycles. The van der Waals surface area contributed by atoms with Gasteiger partial charge in [0.2, 0.25) is 0 Å². The summed E-state index contributed by atoms with van der Waals surface area (Å²) in [6.07, 6.45) is 2.65. The van der Waals surface area contributed by atoms with Crippen molar-refractivity contribution in [3.05, 3.63) is 0 Å². The lowest BCUT2D eigenvalue weighted by Gasteiger charge is -2.36. The van der Waals surface area contributed by atoms with E-state index < -0.39 is 0 Å². The van der Waals surface area contributed by atoms with E-state index in [1.165, 1.54) is 39.0 Å². The van der Waals surface area contributed by atoms with Crippen LogP contribution in [0.15, 0.2) is 0 Å². The molecule has 2 heteroatoms. The molecule has 0 bridgehead atoms. The summed E-state index contributed by atoms with van der Waals surface area (Å²) in [4.78, 5) is 2.63. The highest BCUT2D eigenvalue weighted by Crippen LogP contribution is 2.12. The second-order valence-electron chi connectivity index (χ2n) is 4.23. The van der Waals surface area contributed by atoms with Crippen LogP contribution in [0.3, 0.4) is 0 Å². The molecule has 0 amide bonds. The Hall–Kier alpha value is -0.0800. The molecule has 13 heavy (non-hydrogen) atoms. The summed E-state index contributed by atoms with van der Waals surface area (Å²) in [5, 5.41) is 3.43. The zero-order valence-corrected chi connectivity index (χ0v) is 9.34. The Morgan fingerprint density at radius 2 is 2.08 bits per heavy atom.